The van der Waals surface area contributed by atoms with Gasteiger partial charge in [-0.25, -0.2) is 4.98 Å². The molecule has 3 aromatic carbocycles. The maximum atomic E-state index is 12.3. The number of rotatable bonds is 2. The number of carbonyl (C=O) groups excluding carboxylic acids is 1. The number of aromatic nitrogens is 1. The summed E-state index contributed by atoms with van der Waals surface area (Å²) in [4.78, 5) is 28.4. The first kappa shape index (κ1) is 14.5. The Bertz CT molecular complexity index is 1180. The Balaban J connectivity index is 2.10. The highest BCUT2D eigenvalue weighted by atomic mass is 16.3. The standard InChI is InChI=1S/C19H14N2O3/c1-10(20)18(23)14-3-2-4-16-17(14)21-15-8-5-11-9-12(22)6-7-13(11)19(15)24-16/h2-10H,20H2,1H3/t10-/m0/s1. The van der Waals surface area contributed by atoms with E-state index in [1.54, 1.807) is 43.3 Å². The van der Waals surface area contributed by atoms with Crippen LogP contribution in [0.5, 0.6) is 0 Å². The third-order valence-electron chi connectivity index (χ3n) is 4.04. The molecule has 0 spiro atoms. The smallest absolute Gasteiger partial charge is 0.181 e. The molecule has 2 N–H and O–H groups in total. The second kappa shape index (κ2) is 5.25. The second-order valence-corrected chi connectivity index (χ2v) is 5.82. The van der Waals surface area contributed by atoms with E-state index >= 15 is 0 Å². The Hall–Kier alpha value is -3.05. The summed E-state index contributed by atoms with van der Waals surface area (Å²) >= 11 is 0. The van der Waals surface area contributed by atoms with E-state index < -0.39 is 6.04 Å². The van der Waals surface area contributed by atoms with Crippen LogP contribution in [-0.2, 0) is 0 Å². The molecule has 0 amide bonds. The predicted molar refractivity (Wildman–Crippen MR) is 93.3 cm³/mol. The highest BCUT2D eigenvalue weighted by Crippen LogP contribution is 2.28. The summed E-state index contributed by atoms with van der Waals surface area (Å²) in [5.74, 6) is -0.181. The summed E-state index contributed by atoms with van der Waals surface area (Å²) < 4.78 is 6.01. The van der Waals surface area contributed by atoms with Crippen molar-refractivity contribution in [1.29, 1.82) is 0 Å². The lowest BCUT2D eigenvalue weighted by Crippen LogP contribution is -2.26. The van der Waals surface area contributed by atoms with Gasteiger partial charge in [-0.15, -0.1) is 0 Å². The molecule has 5 nitrogen and oxygen atoms in total. The van der Waals surface area contributed by atoms with Crippen LogP contribution in [0.4, 0.5) is 0 Å². The summed E-state index contributed by atoms with van der Waals surface area (Å²) in [6.45, 7) is 1.65. The molecule has 0 unspecified atom stereocenters. The molecule has 1 aromatic heterocycles. The number of Topliss-reactive ketones (excluding diaryl/α,β-unsaturated/α-hetero) is 1. The summed E-state index contributed by atoms with van der Waals surface area (Å²) in [5, 5.41) is 1.60. The number of nitrogens with zero attached hydrogens (tertiary/aromatic N) is 1. The number of para-hydroxylation sites is 1. The highest BCUT2D eigenvalue weighted by molar-refractivity contribution is 6.10. The van der Waals surface area contributed by atoms with E-state index in [0.29, 0.717) is 27.8 Å². The third kappa shape index (κ3) is 2.18. The molecule has 5 heteroatoms. The van der Waals surface area contributed by atoms with Crippen molar-refractivity contribution in [3.05, 3.63) is 64.3 Å². The fraction of sp³-hybridized carbons (Fsp3) is 0.105. The van der Waals surface area contributed by atoms with Crippen molar-refractivity contribution < 1.29 is 9.21 Å². The van der Waals surface area contributed by atoms with Crippen LogP contribution >= 0.6 is 0 Å². The summed E-state index contributed by atoms with van der Waals surface area (Å²) in [7, 11) is 0. The van der Waals surface area contributed by atoms with Crippen molar-refractivity contribution in [1.82, 2.24) is 4.98 Å². The van der Waals surface area contributed by atoms with E-state index in [-0.39, 0.29) is 11.2 Å². The Kier molecular flexibility index (Phi) is 3.18. The lowest BCUT2D eigenvalue weighted by molar-refractivity contribution is 0.0969. The Morgan fingerprint density at radius 2 is 2.00 bits per heavy atom. The van der Waals surface area contributed by atoms with Gasteiger partial charge >= 0.3 is 0 Å². The number of benzene rings is 3. The predicted octanol–water partition coefficient (Wildman–Crippen LogP) is 3.02. The molecule has 4 aromatic rings. The molecule has 0 aliphatic carbocycles. The number of fused-ring (bicyclic) bond motifs is 4. The zero-order valence-corrected chi connectivity index (χ0v) is 12.9. The van der Waals surface area contributed by atoms with Crippen molar-refractivity contribution in [3.8, 4) is 0 Å². The van der Waals surface area contributed by atoms with Crippen molar-refractivity contribution in [2.75, 3.05) is 0 Å². The average Bonchev–Trinajstić information content (AvgIpc) is 2.58. The first-order valence-corrected chi connectivity index (χ1v) is 7.61. The van der Waals surface area contributed by atoms with Crippen LogP contribution in [0.3, 0.4) is 0 Å². The third-order valence-corrected chi connectivity index (χ3v) is 4.04. The maximum absolute atomic E-state index is 12.3. The van der Waals surface area contributed by atoms with Gasteiger partial charge in [-0.1, -0.05) is 12.1 Å². The molecule has 118 valence electrons. The Labute approximate surface area is 136 Å². The lowest BCUT2D eigenvalue weighted by atomic mass is 10.0. The van der Waals surface area contributed by atoms with E-state index in [2.05, 4.69) is 4.98 Å². The van der Waals surface area contributed by atoms with Crippen LogP contribution in [0, 0.1) is 0 Å². The molecular weight excluding hydrogens is 304 g/mol. The minimum absolute atomic E-state index is 0.0552. The summed E-state index contributed by atoms with van der Waals surface area (Å²) in [6.07, 6.45) is 0. The monoisotopic (exact) mass is 318 g/mol. The minimum Gasteiger partial charge on any atom is -0.452 e. The van der Waals surface area contributed by atoms with Crippen LogP contribution < -0.4 is 11.2 Å². The molecule has 1 heterocycles. The first-order chi connectivity index (χ1) is 11.5. The molecule has 4 rings (SSSR count). The largest absolute Gasteiger partial charge is 0.452 e. The van der Waals surface area contributed by atoms with Crippen LogP contribution in [0.25, 0.3) is 33.0 Å². The van der Waals surface area contributed by atoms with Gasteiger partial charge in [-0.3, -0.25) is 9.59 Å². The number of carbonyl (C=O) groups is 1. The Morgan fingerprint density at radius 1 is 1.17 bits per heavy atom. The quantitative estimate of drug-likeness (QED) is 0.349. The molecule has 0 aliphatic rings. The van der Waals surface area contributed by atoms with E-state index in [4.69, 9.17) is 10.2 Å². The fourth-order valence-corrected chi connectivity index (χ4v) is 2.86. The second-order valence-electron chi connectivity index (χ2n) is 5.82. The molecule has 1 atom stereocenters. The van der Waals surface area contributed by atoms with Gasteiger partial charge in [-0.05, 0) is 48.7 Å². The minimum atomic E-state index is -0.611. The van der Waals surface area contributed by atoms with Crippen LogP contribution in [0.2, 0.25) is 0 Å². The molecule has 0 aliphatic heterocycles. The first-order valence-electron chi connectivity index (χ1n) is 7.61. The number of ketones is 1. The maximum Gasteiger partial charge on any atom is 0.181 e. The van der Waals surface area contributed by atoms with Gasteiger partial charge in [-0.2, -0.15) is 0 Å². The van der Waals surface area contributed by atoms with Gasteiger partial charge in [0.25, 0.3) is 0 Å². The number of hydrogen-bond donors (Lipinski definition) is 1. The van der Waals surface area contributed by atoms with Crippen molar-refractivity contribution in [3.63, 3.8) is 0 Å². The van der Waals surface area contributed by atoms with Gasteiger partial charge in [0.2, 0.25) is 0 Å². The lowest BCUT2D eigenvalue weighted by Gasteiger charge is -2.09. The molecule has 24 heavy (non-hydrogen) atoms. The molecule has 0 fully saturated rings. The van der Waals surface area contributed by atoms with Crippen molar-refractivity contribution in [2.24, 2.45) is 5.73 Å². The summed E-state index contributed by atoms with van der Waals surface area (Å²) in [5.41, 5.74) is 8.33. The van der Waals surface area contributed by atoms with Gasteiger partial charge < -0.3 is 10.2 Å². The number of nitrogens with two attached hydrogens (primary N) is 1. The highest BCUT2D eigenvalue weighted by Gasteiger charge is 2.17. The zero-order valence-electron chi connectivity index (χ0n) is 12.9. The van der Waals surface area contributed by atoms with Gasteiger partial charge in [0.1, 0.15) is 11.0 Å². The molecule has 0 saturated heterocycles. The zero-order chi connectivity index (χ0) is 16.8. The van der Waals surface area contributed by atoms with E-state index in [1.807, 2.05) is 6.07 Å². The van der Waals surface area contributed by atoms with Crippen molar-refractivity contribution >= 4 is 38.8 Å². The molecular formula is C19H14N2O3. The van der Waals surface area contributed by atoms with Gasteiger partial charge in [0, 0.05) is 10.9 Å². The van der Waals surface area contributed by atoms with Crippen LogP contribution in [0.15, 0.2) is 57.7 Å². The molecule has 0 saturated carbocycles. The van der Waals surface area contributed by atoms with Gasteiger partial charge in [0.15, 0.2) is 22.4 Å². The van der Waals surface area contributed by atoms with Crippen LogP contribution in [0.1, 0.15) is 17.3 Å². The normalized spacial score (nSPS) is 12.8. The molecule has 0 bridgehead atoms. The fourth-order valence-electron chi connectivity index (χ4n) is 2.86. The van der Waals surface area contributed by atoms with Gasteiger partial charge in [0.05, 0.1) is 6.04 Å². The number of hydrogen-bond acceptors (Lipinski definition) is 5. The van der Waals surface area contributed by atoms with E-state index in [0.717, 1.165) is 10.8 Å². The topological polar surface area (TPSA) is 86.2 Å². The average molecular weight is 318 g/mol. The van der Waals surface area contributed by atoms with E-state index in [9.17, 15) is 9.59 Å². The van der Waals surface area contributed by atoms with Crippen LogP contribution in [-0.4, -0.2) is 16.8 Å². The van der Waals surface area contributed by atoms with Crippen molar-refractivity contribution in [2.45, 2.75) is 13.0 Å². The molecule has 0 radical (unpaired) electrons. The Morgan fingerprint density at radius 3 is 2.79 bits per heavy atom. The van der Waals surface area contributed by atoms with E-state index in [1.165, 1.54) is 6.07 Å². The SMILES string of the molecule is C[C@H](N)C(=O)c1cccc2oc3c(ccc4cc(=O)ccc43)nc12. The summed E-state index contributed by atoms with van der Waals surface area (Å²) in [6, 6.07) is 13.0.